The van der Waals surface area contributed by atoms with Crippen LogP contribution in [-0.2, 0) is 5.60 Å². The van der Waals surface area contributed by atoms with Crippen LogP contribution in [0.15, 0.2) is 48.5 Å². The zero-order valence-electron chi connectivity index (χ0n) is 11.0. The van der Waals surface area contributed by atoms with Gasteiger partial charge in [-0.25, -0.2) is 4.42 Å². The predicted octanol–water partition coefficient (Wildman–Crippen LogP) is 4.01. The minimum absolute atomic E-state index is 0.240. The standard InChI is InChI=1S/C17H17O/c1-12-7-6-8-13(11-12)16-14-9-4-5-10-15(14)17(2,3)18-16/h4-11H,1-3H3/q+1. The second-order valence-electron chi connectivity index (χ2n) is 5.36. The zero-order valence-corrected chi connectivity index (χ0v) is 11.0. The fourth-order valence-electron chi connectivity index (χ4n) is 2.57. The fraction of sp³-hybridized carbons (Fsp3) is 0.235. The Bertz CT molecular complexity index is 636. The molecular formula is C17H17O+. The van der Waals surface area contributed by atoms with Gasteiger partial charge in [-0.05, 0) is 31.2 Å². The summed E-state index contributed by atoms with van der Waals surface area (Å²) in [7, 11) is 0. The molecule has 1 heteroatoms. The summed E-state index contributed by atoms with van der Waals surface area (Å²) in [6.45, 7) is 6.35. The second-order valence-corrected chi connectivity index (χ2v) is 5.36. The Hall–Kier alpha value is -1.89. The molecule has 0 amide bonds. The number of benzene rings is 2. The van der Waals surface area contributed by atoms with Crippen molar-refractivity contribution in [3.8, 4) is 0 Å². The van der Waals surface area contributed by atoms with E-state index in [1.165, 1.54) is 16.7 Å². The molecule has 0 radical (unpaired) electrons. The van der Waals surface area contributed by atoms with Crippen molar-refractivity contribution < 1.29 is 4.42 Å². The minimum atomic E-state index is -0.240. The van der Waals surface area contributed by atoms with Crippen LogP contribution in [0.5, 0.6) is 0 Å². The summed E-state index contributed by atoms with van der Waals surface area (Å²) in [6, 6.07) is 16.9. The third kappa shape index (κ3) is 1.67. The highest BCUT2D eigenvalue weighted by molar-refractivity contribution is 6.11. The Labute approximate surface area is 108 Å². The lowest BCUT2D eigenvalue weighted by Crippen LogP contribution is -2.10. The summed E-state index contributed by atoms with van der Waals surface area (Å²) in [6.07, 6.45) is 0. The molecule has 0 atom stereocenters. The topological polar surface area (TPSA) is 11.3 Å². The first-order valence-corrected chi connectivity index (χ1v) is 6.31. The molecule has 0 aromatic heterocycles. The molecule has 0 saturated heterocycles. The van der Waals surface area contributed by atoms with Gasteiger partial charge in [0.05, 0.1) is 16.7 Å². The van der Waals surface area contributed by atoms with Crippen LogP contribution in [0.3, 0.4) is 0 Å². The Morgan fingerprint density at radius 1 is 0.944 bits per heavy atom. The molecule has 0 unspecified atom stereocenters. The predicted molar refractivity (Wildman–Crippen MR) is 74.1 cm³/mol. The largest absolute Gasteiger partial charge is 0.359 e. The van der Waals surface area contributed by atoms with E-state index in [1.807, 2.05) is 0 Å². The molecule has 2 aromatic rings. The van der Waals surface area contributed by atoms with E-state index in [2.05, 4.69) is 69.3 Å². The van der Waals surface area contributed by atoms with Crippen LogP contribution < -0.4 is 0 Å². The van der Waals surface area contributed by atoms with E-state index in [0.717, 1.165) is 11.3 Å². The van der Waals surface area contributed by atoms with E-state index < -0.39 is 0 Å². The third-order valence-corrected chi connectivity index (χ3v) is 3.46. The molecule has 0 N–H and O–H groups in total. The molecule has 1 heterocycles. The summed E-state index contributed by atoms with van der Waals surface area (Å²) >= 11 is 0. The second kappa shape index (κ2) is 3.81. The summed E-state index contributed by atoms with van der Waals surface area (Å²) in [5, 5.41) is 0. The molecule has 1 nitrogen and oxygen atoms in total. The summed E-state index contributed by atoms with van der Waals surface area (Å²) < 4.78 is 6.18. The van der Waals surface area contributed by atoms with Crippen LogP contribution in [0.2, 0.25) is 0 Å². The van der Waals surface area contributed by atoms with Crippen LogP contribution in [0.1, 0.15) is 40.5 Å². The number of aryl methyl sites for hydroxylation is 1. The lowest BCUT2D eigenvalue weighted by atomic mass is 9.92. The van der Waals surface area contributed by atoms with Crippen molar-refractivity contribution in [2.45, 2.75) is 26.4 Å². The van der Waals surface area contributed by atoms with Crippen LogP contribution >= 0.6 is 0 Å². The Kier molecular flexibility index (Phi) is 2.37. The number of hydrogen-bond acceptors (Lipinski definition) is 0. The maximum Gasteiger partial charge on any atom is 0.359 e. The van der Waals surface area contributed by atoms with E-state index in [9.17, 15) is 0 Å². The smallest absolute Gasteiger partial charge is 0.243 e. The average Bonchev–Trinajstić information content (AvgIpc) is 2.63. The summed E-state index contributed by atoms with van der Waals surface area (Å²) in [4.78, 5) is 0. The van der Waals surface area contributed by atoms with Gasteiger partial charge in [0.25, 0.3) is 0 Å². The summed E-state index contributed by atoms with van der Waals surface area (Å²) in [5.74, 6) is 0.999. The molecule has 3 rings (SSSR count). The molecule has 1 aliphatic heterocycles. The number of carbonyl (C=O) groups excluding carboxylic acids is 1. The van der Waals surface area contributed by atoms with Crippen molar-refractivity contribution in [3.05, 3.63) is 70.8 Å². The Balaban J connectivity index is 2.20. The van der Waals surface area contributed by atoms with Crippen molar-refractivity contribution in [2.24, 2.45) is 0 Å². The first-order chi connectivity index (χ1) is 8.58. The number of rotatable bonds is 1. The molecule has 0 aliphatic carbocycles. The molecule has 90 valence electrons. The van der Waals surface area contributed by atoms with E-state index in [-0.39, 0.29) is 5.60 Å². The lowest BCUT2D eigenvalue weighted by Gasteiger charge is -2.03. The van der Waals surface area contributed by atoms with Gasteiger partial charge >= 0.3 is 11.4 Å². The first kappa shape index (κ1) is 11.2. The van der Waals surface area contributed by atoms with Crippen LogP contribution in [0, 0.1) is 6.92 Å². The van der Waals surface area contributed by atoms with Gasteiger partial charge in [-0.2, -0.15) is 0 Å². The van der Waals surface area contributed by atoms with Crippen LogP contribution in [-0.4, -0.2) is 5.78 Å². The van der Waals surface area contributed by atoms with E-state index in [4.69, 9.17) is 4.42 Å². The zero-order chi connectivity index (χ0) is 12.8. The van der Waals surface area contributed by atoms with Gasteiger partial charge < -0.3 is 0 Å². The number of hydrogen-bond donors (Lipinski definition) is 0. The molecule has 2 aromatic carbocycles. The van der Waals surface area contributed by atoms with Crippen molar-refractivity contribution in [3.63, 3.8) is 0 Å². The summed E-state index contributed by atoms with van der Waals surface area (Å²) in [5.41, 5.74) is 4.66. The molecule has 18 heavy (non-hydrogen) atoms. The van der Waals surface area contributed by atoms with Gasteiger partial charge in [0.15, 0.2) is 0 Å². The molecule has 1 aliphatic rings. The molecule has 0 bridgehead atoms. The highest BCUT2D eigenvalue weighted by atomic mass is 16.4. The van der Waals surface area contributed by atoms with E-state index in [0.29, 0.717) is 0 Å². The van der Waals surface area contributed by atoms with Gasteiger partial charge in [0.1, 0.15) is 0 Å². The van der Waals surface area contributed by atoms with Crippen molar-refractivity contribution in [2.75, 3.05) is 0 Å². The number of fused-ring (bicyclic) bond motifs is 1. The third-order valence-electron chi connectivity index (χ3n) is 3.46. The van der Waals surface area contributed by atoms with Crippen molar-refractivity contribution in [1.29, 1.82) is 0 Å². The minimum Gasteiger partial charge on any atom is -0.243 e. The highest BCUT2D eigenvalue weighted by Gasteiger charge is 2.44. The van der Waals surface area contributed by atoms with Crippen LogP contribution in [0.25, 0.3) is 0 Å². The Morgan fingerprint density at radius 3 is 2.50 bits per heavy atom. The molecule has 0 fully saturated rings. The van der Waals surface area contributed by atoms with Crippen LogP contribution in [0.4, 0.5) is 0 Å². The van der Waals surface area contributed by atoms with Crippen molar-refractivity contribution >= 4 is 5.78 Å². The van der Waals surface area contributed by atoms with Gasteiger partial charge in [0, 0.05) is 13.8 Å². The maximum atomic E-state index is 6.18. The number of ketones is 1. The van der Waals surface area contributed by atoms with Crippen molar-refractivity contribution in [1.82, 2.24) is 0 Å². The normalized spacial score (nSPS) is 16.3. The fourth-order valence-corrected chi connectivity index (χ4v) is 2.57. The molecule has 0 saturated carbocycles. The molecule has 0 spiro atoms. The van der Waals surface area contributed by atoms with Gasteiger partial charge in [-0.3, -0.25) is 0 Å². The monoisotopic (exact) mass is 237 g/mol. The van der Waals surface area contributed by atoms with E-state index >= 15 is 0 Å². The SMILES string of the molecule is Cc1cccc(C2=[O+]C(C)(C)c3ccccc32)c1. The molecular weight excluding hydrogens is 220 g/mol. The van der Waals surface area contributed by atoms with Gasteiger partial charge in [-0.1, -0.05) is 29.8 Å². The highest BCUT2D eigenvalue weighted by Crippen LogP contribution is 2.35. The first-order valence-electron chi connectivity index (χ1n) is 6.31. The Morgan fingerprint density at radius 2 is 1.72 bits per heavy atom. The lowest BCUT2D eigenvalue weighted by molar-refractivity contribution is -0.378. The van der Waals surface area contributed by atoms with E-state index in [1.54, 1.807) is 0 Å². The van der Waals surface area contributed by atoms with Gasteiger partial charge in [-0.15, -0.1) is 0 Å². The van der Waals surface area contributed by atoms with Gasteiger partial charge in [0.2, 0.25) is 0 Å². The quantitative estimate of drug-likeness (QED) is 0.664. The average molecular weight is 237 g/mol. The maximum absolute atomic E-state index is 6.18.